The molecule has 1 aliphatic carbocycles. The third-order valence-corrected chi connectivity index (χ3v) is 5.19. The van der Waals surface area contributed by atoms with E-state index in [4.69, 9.17) is 9.51 Å². The van der Waals surface area contributed by atoms with E-state index < -0.39 is 0 Å². The minimum atomic E-state index is 0.126. The summed E-state index contributed by atoms with van der Waals surface area (Å²) in [6.07, 6.45) is 7.08. The fourth-order valence-corrected chi connectivity index (χ4v) is 3.68. The molecule has 1 saturated carbocycles. The van der Waals surface area contributed by atoms with Gasteiger partial charge in [-0.3, -0.25) is 0 Å². The molecule has 2 heterocycles. The Morgan fingerprint density at radius 2 is 2.11 bits per heavy atom. The number of nitrogens with one attached hydrogen (secondary N) is 1. The predicted octanol–water partition coefficient (Wildman–Crippen LogP) is 3.00. The fraction of sp³-hybridized carbons (Fsp3) is 0.867. The molecule has 19 heavy (non-hydrogen) atoms. The van der Waals surface area contributed by atoms with Crippen LogP contribution in [0.25, 0.3) is 0 Å². The Morgan fingerprint density at radius 1 is 1.32 bits per heavy atom. The van der Waals surface area contributed by atoms with E-state index in [1.54, 1.807) is 0 Å². The minimum absolute atomic E-state index is 0.126. The second-order valence-corrected chi connectivity index (χ2v) is 6.46. The third kappa shape index (κ3) is 2.42. The van der Waals surface area contributed by atoms with E-state index in [9.17, 15) is 0 Å². The molecule has 0 spiro atoms. The highest BCUT2D eigenvalue weighted by Crippen LogP contribution is 2.39. The van der Waals surface area contributed by atoms with Gasteiger partial charge in [0.15, 0.2) is 5.82 Å². The van der Waals surface area contributed by atoms with Crippen LogP contribution in [0.2, 0.25) is 0 Å². The van der Waals surface area contributed by atoms with Crippen LogP contribution >= 0.6 is 0 Å². The Bertz CT molecular complexity index is 423. The van der Waals surface area contributed by atoms with Gasteiger partial charge in [0.05, 0.1) is 5.41 Å². The quantitative estimate of drug-likeness (QED) is 0.910. The molecule has 4 heteroatoms. The molecule has 1 aliphatic heterocycles. The summed E-state index contributed by atoms with van der Waals surface area (Å²) in [6.45, 7) is 6.69. The first-order valence-electron chi connectivity index (χ1n) is 7.78. The van der Waals surface area contributed by atoms with Gasteiger partial charge in [0.25, 0.3) is 0 Å². The lowest BCUT2D eigenvalue weighted by atomic mass is 9.76. The molecule has 0 amide bonds. The van der Waals surface area contributed by atoms with Gasteiger partial charge in [-0.05, 0) is 57.5 Å². The molecular weight excluding hydrogens is 238 g/mol. The van der Waals surface area contributed by atoms with Crippen molar-refractivity contribution in [2.24, 2.45) is 5.92 Å². The van der Waals surface area contributed by atoms with Crippen molar-refractivity contribution in [1.29, 1.82) is 0 Å². The van der Waals surface area contributed by atoms with Crippen molar-refractivity contribution >= 4 is 0 Å². The number of rotatable bonds is 3. The van der Waals surface area contributed by atoms with Crippen LogP contribution in [0.4, 0.5) is 0 Å². The van der Waals surface area contributed by atoms with Crippen LogP contribution in [-0.2, 0) is 5.41 Å². The number of piperidine rings is 1. The van der Waals surface area contributed by atoms with Gasteiger partial charge in [-0.15, -0.1) is 0 Å². The van der Waals surface area contributed by atoms with E-state index in [1.807, 2.05) is 0 Å². The first-order chi connectivity index (χ1) is 9.23. The van der Waals surface area contributed by atoms with Crippen molar-refractivity contribution in [3.8, 4) is 0 Å². The highest BCUT2D eigenvalue weighted by molar-refractivity contribution is 5.09. The van der Waals surface area contributed by atoms with E-state index in [0.29, 0.717) is 5.92 Å². The lowest BCUT2D eigenvalue weighted by Crippen LogP contribution is -2.39. The van der Waals surface area contributed by atoms with E-state index >= 15 is 0 Å². The predicted molar refractivity (Wildman–Crippen MR) is 74.1 cm³/mol. The zero-order chi connectivity index (χ0) is 13.3. The molecule has 1 saturated heterocycles. The summed E-state index contributed by atoms with van der Waals surface area (Å²) in [4.78, 5) is 4.79. The molecule has 1 N–H and O–H groups in total. The second kappa shape index (κ2) is 5.23. The van der Waals surface area contributed by atoms with Crippen molar-refractivity contribution in [2.75, 3.05) is 13.1 Å². The molecule has 2 atom stereocenters. The summed E-state index contributed by atoms with van der Waals surface area (Å²) in [5, 5.41) is 7.72. The maximum atomic E-state index is 5.66. The molecule has 1 aromatic rings. The van der Waals surface area contributed by atoms with Crippen molar-refractivity contribution < 1.29 is 4.52 Å². The van der Waals surface area contributed by atoms with Crippen molar-refractivity contribution in [2.45, 2.75) is 63.7 Å². The van der Waals surface area contributed by atoms with Gasteiger partial charge < -0.3 is 9.84 Å². The van der Waals surface area contributed by atoms with Gasteiger partial charge in [-0.1, -0.05) is 19.0 Å². The number of hydrogen-bond donors (Lipinski definition) is 1. The zero-order valence-corrected chi connectivity index (χ0v) is 12.1. The normalized spacial score (nSPS) is 30.6. The maximum absolute atomic E-state index is 5.66. The molecule has 2 unspecified atom stereocenters. The van der Waals surface area contributed by atoms with Gasteiger partial charge in [0, 0.05) is 5.92 Å². The molecule has 1 aromatic heterocycles. The number of hydrogen-bond acceptors (Lipinski definition) is 4. The van der Waals surface area contributed by atoms with Crippen LogP contribution in [0.1, 0.15) is 70.0 Å². The monoisotopic (exact) mass is 263 g/mol. The van der Waals surface area contributed by atoms with Gasteiger partial charge in [0.1, 0.15) is 0 Å². The first kappa shape index (κ1) is 13.1. The Balaban J connectivity index is 1.79. The molecular formula is C15H25N3O. The third-order valence-electron chi connectivity index (χ3n) is 5.19. The van der Waals surface area contributed by atoms with Crippen molar-refractivity contribution in [3.05, 3.63) is 11.7 Å². The van der Waals surface area contributed by atoms with E-state index in [0.717, 1.165) is 50.0 Å². The van der Waals surface area contributed by atoms with Gasteiger partial charge in [0.2, 0.25) is 5.89 Å². The summed E-state index contributed by atoms with van der Waals surface area (Å²) in [5.41, 5.74) is 0.126. The molecule has 3 rings (SSSR count). The molecule has 0 bridgehead atoms. The molecule has 2 fully saturated rings. The smallest absolute Gasteiger partial charge is 0.232 e. The van der Waals surface area contributed by atoms with Crippen LogP contribution in [0.15, 0.2) is 4.52 Å². The molecule has 0 radical (unpaired) electrons. The van der Waals surface area contributed by atoms with Crippen LogP contribution in [0, 0.1) is 5.92 Å². The zero-order valence-electron chi connectivity index (χ0n) is 12.1. The van der Waals surface area contributed by atoms with Gasteiger partial charge in [-0.2, -0.15) is 4.98 Å². The fourth-order valence-electron chi connectivity index (χ4n) is 3.68. The Kier molecular flexibility index (Phi) is 3.61. The molecule has 4 nitrogen and oxygen atoms in total. The van der Waals surface area contributed by atoms with Gasteiger partial charge in [-0.25, -0.2) is 0 Å². The Hall–Kier alpha value is -0.900. The van der Waals surface area contributed by atoms with Crippen LogP contribution < -0.4 is 5.32 Å². The summed E-state index contributed by atoms with van der Waals surface area (Å²) in [6, 6.07) is 0. The van der Waals surface area contributed by atoms with Crippen LogP contribution in [-0.4, -0.2) is 23.2 Å². The van der Waals surface area contributed by atoms with Crippen LogP contribution in [0.5, 0.6) is 0 Å². The minimum Gasteiger partial charge on any atom is -0.339 e. The largest absolute Gasteiger partial charge is 0.339 e. The second-order valence-electron chi connectivity index (χ2n) is 6.46. The summed E-state index contributed by atoms with van der Waals surface area (Å²) in [7, 11) is 0. The average Bonchev–Trinajstić information content (AvgIpc) is 3.08. The highest BCUT2D eigenvalue weighted by atomic mass is 16.5. The lowest BCUT2D eigenvalue weighted by molar-refractivity contribution is 0.216. The highest BCUT2D eigenvalue weighted by Gasteiger charge is 2.38. The summed E-state index contributed by atoms with van der Waals surface area (Å²) < 4.78 is 5.66. The topological polar surface area (TPSA) is 51.0 Å². The van der Waals surface area contributed by atoms with E-state index in [2.05, 4.69) is 24.3 Å². The number of aromatic nitrogens is 2. The SMILES string of the molecule is CCC1(c2nc(C3CCC(C)C3)no2)CCNCC1. The first-order valence-corrected chi connectivity index (χ1v) is 7.78. The Morgan fingerprint density at radius 3 is 2.74 bits per heavy atom. The standard InChI is InChI=1S/C15H25N3O/c1-3-15(6-8-16-9-7-15)14-17-13(18-19-14)12-5-4-11(2)10-12/h11-12,16H,3-10H2,1-2H3. The van der Waals surface area contributed by atoms with Crippen molar-refractivity contribution in [1.82, 2.24) is 15.5 Å². The number of nitrogens with zero attached hydrogens (tertiary/aromatic N) is 2. The Labute approximate surface area is 115 Å². The van der Waals surface area contributed by atoms with E-state index in [-0.39, 0.29) is 5.41 Å². The summed E-state index contributed by atoms with van der Waals surface area (Å²) in [5.74, 6) is 3.20. The molecule has 2 aliphatic rings. The van der Waals surface area contributed by atoms with Crippen molar-refractivity contribution in [3.63, 3.8) is 0 Å². The van der Waals surface area contributed by atoms with Crippen LogP contribution in [0.3, 0.4) is 0 Å². The van der Waals surface area contributed by atoms with Gasteiger partial charge >= 0.3 is 0 Å². The average molecular weight is 263 g/mol. The lowest BCUT2D eigenvalue weighted by Gasteiger charge is -2.33. The summed E-state index contributed by atoms with van der Waals surface area (Å²) >= 11 is 0. The molecule has 106 valence electrons. The van der Waals surface area contributed by atoms with E-state index in [1.165, 1.54) is 19.3 Å². The maximum Gasteiger partial charge on any atom is 0.232 e. The molecule has 0 aromatic carbocycles.